The van der Waals surface area contributed by atoms with Crippen molar-refractivity contribution in [1.29, 1.82) is 0 Å². The van der Waals surface area contributed by atoms with Crippen molar-refractivity contribution in [3.05, 3.63) is 34.4 Å². The van der Waals surface area contributed by atoms with E-state index in [0.29, 0.717) is 6.54 Å². The van der Waals surface area contributed by atoms with Crippen molar-refractivity contribution in [3.8, 4) is 0 Å². The zero-order valence-corrected chi connectivity index (χ0v) is 14.2. The van der Waals surface area contributed by atoms with Crippen molar-refractivity contribution < 1.29 is 14.5 Å². The Morgan fingerprint density at radius 1 is 1.38 bits per heavy atom. The molecule has 1 aliphatic heterocycles. The van der Waals surface area contributed by atoms with Crippen molar-refractivity contribution in [1.82, 2.24) is 10.2 Å². The molecule has 0 spiro atoms. The van der Waals surface area contributed by atoms with Gasteiger partial charge in [-0.1, -0.05) is 12.1 Å². The molecule has 1 heterocycles. The monoisotopic (exact) mass is 336 g/mol. The van der Waals surface area contributed by atoms with Crippen LogP contribution in [0.5, 0.6) is 0 Å². The van der Waals surface area contributed by atoms with Gasteiger partial charge in [-0.3, -0.25) is 15.0 Å². The summed E-state index contributed by atoms with van der Waals surface area (Å²) in [5.74, 6) is 0. The second-order valence-electron chi connectivity index (χ2n) is 6.17. The van der Waals surface area contributed by atoms with Gasteiger partial charge >= 0.3 is 6.03 Å². The molecule has 8 heteroatoms. The summed E-state index contributed by atoms with van der Waals surface area (Å²) < 4.78 is 5.70. The van der Waals surface area contributed by atoms with Crippen molar-refractivity contribution in [3.63, 3.8) is 0 Å². The Morgan fingerprint density at radius 2 is 2.00 bits per heavy atom. The molecule has 0 aliphatic carbocycles. The second kappa shape index (κ2) is 8.07. The first-order chi connectivity index (χ1) is 11.4. The van der Waals surface area contributed by atoms with Gasteiger partial charge in [0.25, 0.3) is 5.69 Å². The van der Waals surface area contributed by atoms with Crippen LogP contribution in [-0.2, 0) is 4.74 Å². The normalized spacial score (nSPS) is 22.6. The number of nitrogens with zero attached hydrogens (tertiary/aromatic N) is 2. The van der Waals surface area contributed by atoms with E-state index in [4.69, 9.17) is 4.74 Å². The summed E-state index contributed by atoms with van der Waals surface area (Å²) in [7, 11) is 0. The summed E-state index contributed by atoms with van der Waals surface area (Å²) in [4.78, 5) is 24.7. The van der Waals surface area contributed by atoms with E-state index in [1.165, 1.54) is 12.1 Å². The molecule has 3 atom stereocenters. The molecule has 0 saturated carbocycles. The Balaban J connectivity index is 1.86. The van der Waals surface area contributed by atoms with E-state index in [1.54, 1.807) is 12.1 Å². The topological polar surface area (TPSA) is 96.7 Å². The summed E-state index contributed by atoms with van der Waals surface area (Å²) in [6, 6.07) is 5.76. The van der Waals surface area contributed by atoms with Gasteiger partial charge in [0.2, 0.25) is 0 Å². The average Bonchev–Trinajstić information content (AvgIpc) is 2.52. The van der Waals surface area contributed by atoms with Gasteiger partial charge in [0.15, 0.2) is 0 Å². The molecule has 1 fully saturated rings. The summed E-state index contributed by atoms with van der Waals surface area (Å²) in [6.45, 7) is 8.19. The third kappa shape index (κ3) is 4.90. The van der Waals surface area contributed by atoms with E-state index in [9.17, 15) is 14.9 Å². The van der Waals surface area contributed by atoms with E-state index in [1.807, 2.05) is 20.8 Å². The maximum atomic E-state index is 12.0. The molecule has 2 amide bonds. The van der Waals surface area contributed by atoms with E-state index >= 15 is 0 Å². The summed E-state index contributed by atoms with van der Waals surface area (Å²) in [6.07, 6.45) is 0.328. The number of amides is 2. The largest absolute Gasteiger partial charge is 0.373 e. The fourth-order valence-corrected chi connectivity index (χ4v) is 2.85. The van der Waals surface area contributed by atoms with Crippen LogP contribution >= 0.6 is 0 Å². The lowest BCUT2D eigenvalue weighted by atomic mass is 10.2. The van der Waals surface area contributed by atoms with Gasteiger partial charge in [-0.05, 0) is 26.8 Å². The van der Waals surface area contributed by atoms with E-state index in [2.05, 4.69) is 15.5 Å². The Morgan fingerprint density at radius 3 is 2.62 bits per heavy atom. The number of hydrogen-bond donors (Lipinski definition) is 2. The number of para-hydroxylation sites is 2. The number of benzene rings is 1. The van der Waals surface area contributed by atoms with Gasteiger partial charge < -0.3 is 15.4 Å². The molecule has 2 N–H and O–H groups in total. The number of urea groups is 1. The minimum atomic E-state index is -0.519. The minimum Gasteiger partial charge on any atom is -0.373 e. The van der Waals surface area contributed by atoms with Crippen molar-refractivity contribution in [2.75, 3.05) is 25.0 Å². The molecule has 0 radical (unpaired) electrons. The first-order valence-corrected chi connectivity index (χ1v) is 8.04. The molecule has 24 heavy (non-hydrogen) atoms. The summed E-state index contributed by atoms with van der Waals surface area (Å²) in [5.41, 5.74) is 0.0535. The van der Waals surface area contributed by atoms with Gasteiger partial charge in [-0.25, -0.2) is 4.79 Å². The maximum absolute atomic E-state index is 12.0. The molecule has 8 nitrogen and oxygen atoms in total. The van der Waals surface area contributed by atoms with Crippen LogP contribution in [0.25, 0.3) is 0 Å². The lowest BCUT2D eigenvalue weighted by molar-refractivity contribution is -0.383. The van der Waals surface area contributed by atoms with E-state index < -0.39 is 11.0 Å². The number of anilines is 1. The van der Waals surface area contributed by atoms with Crippen molar-refractivity contribution in [2.45, 2.75) is 39.0 Å². The number of nitrogens with one attached hydrogen (secondary N) is 2. The van der Waals surface area contributed by atoms with Crippen LogP contribution in [0, 0.1) is 10.1 Å². The molecule has 0 bridgehead atoms. The average molecular weight is 336 g/mol. The lowest BCUT2D eigenvalue weighted by Gasteiger charge is -2.38. The number of nitro groups is 1. The number of nitro benzene ring substituents is 1. The predicted octanol–water partition coefficient (Wildman–Crippen LogP) is 2.21. The molecule has 132 valence electrons. The van der Waals surface area contributed by atoms with E-state index in [-0.39, 0.29) is 29.6 Å². The number of ether oxygens (including phenoxy) is 1. The smallest absolute Gasteiger partial charge is 0.319 e. The van der Waals surface area contributed by atoms with Crippen LogP contribution in [-0.4, -0.2) is 53.7 Å². The Kier molecular flexibility index (Phi) is 6.10. The van der Waals surface area contributed by atoms with Gasteiger partial charge in [0, 0.05) is 31.7 Å². The third-order valence-electron chi connectivity index (χ3n) is 3.98. The van der Waals surface area contributed by atoms with Gasteiger partial charge in [0.1, 0.15) is 5.69 Å². The van der Waals surface area contributed by atoms with Crippen molar-refractivity contribution in [2.24, 2.45) is 0 Å². The maximum Gasteiger partial charge on any atom is 0.319 e. The molecule has 1 aliphatic rings. The highest BCUT2D eigenvalue weighted by Gasteiger charge is 2.26. The lowest BCUT2D eigenvalue weighted by Crippen LogP contribution is -2.52. The van der Waals surface area contributed by atoms with Crippen LogP contribution in [0.3, 0.4) is 0 Å². The quantitative estimate of drug-likeness (QED) is 0.635. The van der Waals surface area contributed by atoms with Crippen molar-refractivity contribution >= 4 is 17.4 Å². The highest BCUT2D eigenvalue weighted by atomic mass is 16.6. The fraction of sp³-hybridized carbons (Fsp3) is 0.562. The third-order valence-corrected chi connectivity index (χ3v) is 3.98. The highest BCUT2D eigenvalue weighted by molar-refractivity contribution is 5.91. The minimum absolute atomic E-state index is 0.128. The standard InChI is InChI=1S/C16H24N4O4/c1-11(19-9-12(2)24-13(3)10-19)8-17-16(21)18-14-6-4-5-7-15(14)20(22)23/h4-7,11-13H,8-10H2,1-3H3,(H2,17,18,21)/t11-,12-,13-/m1/s1. The van der Waals surface area contributed by atoms with Crippen LogP contribution in [0.4, 0.5) is 16.2 Å². The first-order valence-electron chi connectivity index (χ1n) is 8.04. The molecular formula is C16H24N4O4. The number of hydrogen-bond acceptors (Lipinski definition) is 5. The van der Waals surface area contributed by atoms with Gasteiger partial charge in [-0.2, -0.15) is 0 Å². The summed E-state index contributed by atoms with van der Waals surface area (Å²) in [5, 5.41) is 16.3. The molecule has 0 unspecified atom stereocenters. The predicted molar refractivity (Wildman–Crippen MR) is 91.2 cm³/mol. The zero-order chi connectivity index (χ0) is 17.7. The van der Waals surface area contributed by atoms with Gasteiger partial charge in [-0.15, -0.1) is 0 Å². The zero-order valence-electron chi connectivity index (χ0n) is 14.2. The SMILES string of the molecule is C[C@@H]1CN([C@H](C)CNC(=O)Nc2ccccc2[N+](=O)[O-])C[C@@H](C)O1. The van der Waals surface area contributed by atoms with Crippen LogP contribution in [0.2, 0.25) is 0 Å². The Labute approximate surface area is 141 Å². The molecular weight excluding hydrogens is 312 g/mol. The molecule has 1 aromatic carbocycles. The number of morpholine rings is 1. The Hall–Kier alpha value is -2.19. The molecule has 2 rings (SSSR count). The highest BCUT2D eigenvalue weighted by Crippen LogP contribution is 2.22. The number of rotatable bonds is 5. The number of carbonyl (C=O) groups excluding carboxylic acids is 1. The molecule has 1 saturated heterocycles. The van der Waals surface area contributed by atoms with Crippen LogP contribution in [0.15, 0.2) is 24.3 Å². The second-order valence-corrected chi connectivity index (χ2v) is 6.17. The number of carbonyl (C=O) groups is 1. The van der Waals surface area contributed by atoms with Crippen LogP contribution in [0.1, 0.15) is 20.8 Å². The molecule has 0 aromatic heterocycles. The van der Waals surface area contributed by atoms with Crippen LogP contribution < -0.4 is 10.6 Å². The first kappa shape index (κ1) is 18.2. The fourth-order valence-electron chi connectivity index (χ4n) is 2.85. The van der Waals surface area contributed by atoms with Gasteiger partial charge in [0.05, 0.1) is 17.1 Å². The van der Waals surface area contributed by atoms with E-state index in [0.717, 1.165) is 13.1 Å². The summed E-state index contributed by atoms with van der Waals surface area (Å²) >= 11 is 0. The Bertz CT molecular complexity index is 585. The molecule has 1 aromatic rings.